The number of hydrogen-bond acceptors (Lipinski definition) is 4. The topological polar surface area (TPSA) is 73.1 Å². The van der Waals surface area contributed by atoms with E-state index in [1.807, 2.05) is 31.2 Å². The van der Waals surface area contributed by atoms with Crippen molar-refractivity contribution < 1.29 is 9.90 Å². The van der Waals surface area contributed by atoms with Crippen LogP contribution < -0.4 is 5.32 Å². The molecule has 4 rings (SSSR count). The second kappa shape index (κ2) is 6.77. The minimum absolute atomic E-state index is 0.0613. The first-order valence-corrected chi connectivity index (χ1v) is 9.06. The molecule has 0 aromatic heterocycles. The highest BCUT2D eigenvalue weighted by molar-refractivity contribution is 6.00. The first kappa shape index (κ1) is 17.1. The third-order valence-electron chi connectivity index (χ3n) is 5.42. The van der Waals surface area contributed by atoms with Crippen molar-refractivity contribution in [1.29, 1.82) is 5.26 Å². The number of carbonyl (C=O) groups excluding carboxylic acids is 1. The number of carbonyl (C=O) groups is 1. The maximum Gasteiger partial charge on any atom is 0.162 e. The first-order chi connectivity index (χ1) is 13.1. The Morgan fingerprint density at radius 1 is 1.07 bits per heavy atom. The van der Waals surface area contributed by atoms with Gasteiger partial charge in [-0.15, -0.1) is 0 Å². The fourth-order valence-electron chi connectivity index (χ4n) is 4.19. The number of nitrogens with one attached hydrogen (secondary N) is 1. The molecule has 27 heavy (non-hydrogen) atoms. The number of allylic oxidation sites excluding steroid dienone is 4. The summed E-state index contributed by atoms with van der Waals surface area (Å²) >= 11 is 0. The molecule has 0 bridgehead atoms. The van der Waals surface area contributed by atoms with Gasteiger partial charge in [-0.25, -0.2) is 0 Å². The van der Waals surface area contributed by atoms with Gasteiger partial charge in [0.05, 0.1) is 17.6 Å². The largest absolute Gasteiger partial charge is 0.508 e. The normalized spacial score (nSPS) is 22.1. The summed E-state index contributed by atoms with van der Waals surface area (Å²) in [6, 6.07) is 19.2. The number of Topliss-reactive ketones (excluding diaryl/α,β-unsaturated/α-hetero) is 1. The summed E-state index contributed by atoms with van der Waals surface area (Å²) in [5, 5.41) is 22.9. The Morgan fingerprint density at radius 3 is 2.52 bits per heavy atom. The molecule has 0 saturated heterocycles. The van der Waals surface area contributed by atoms with Crippen LogP contribution in [0.3, 0.4) is 0 Å². The number of rotatable bonds is 2. The van der Waals surface area contributed by atoms with E-state index in [9.17, 15) is 15.2 Å². The van der Waals surface area contributed by atoms with E-state index in [0.29, 0.717) is 17.6 Å². The average molecular weight is 356 g/mol. The molecular weight excluding hydrogens is 336 g/mol. The number of ketones is 1. The zero-order valence-corrected chi connectivity index (χ0v) is 15.1. The van der Waals surface area contributed by atoms with Crippen molar-refractivity contribution in [3.8, 4) is 11.8 Å². The predicted molar refractivity (Wildman–Crippen MR) is 103 cm³/mol. The van der Waals surface area contributed by atoms with Crippen LogP contribution in [0.1, 0.15) is 42.7 Å². The Bertz CT molecular complexity index is 1010. The fourth-order valence-corrected chi connectivity index (χ4v) is 4.19. The van der Waals surface area contributed by atoms with Crippen molar-refractivity contribution >= 4 is 5.78 Å². The maximum atomic E-state index is 13.2. The lowest BCUT2D eigenvalue weighted by molar-refractivity contribution is -0.116. The number of benzene rings is 2. The second-order valence-corrected chi connectivity index (χ2v) is 7.13. The molecule has 4 heteroatoms. The van der Waals surface area contributed by atoms with Crippen LogP contribution in [-0.4, -0.2) is 10.9 Å². The van der Waals surface area contributed by atoms with Crippen molar-refractivity contribution in [2.45, 2.75) is 31.6 Å². The summed E-state index contributed by atoms with van der Waals surface area (Å²) in [6.07, 6.45) is 1.16. The fraction of sp³-hybridized carbons (Fsp3) is 0.217. The Hall–Kier alpha value is -3.32. The van der Waals surface area contributed by atoms with Crippen LogP contribution in [0.2, 0.25) is 0 Å². The van der Waals surface area contributed by atoms with Gasteiger partial charge in [-0.05, 0) is 42.5 Å². The molecule has 0 radical (unpaired) electrons. The minimum Gasteiger partial charge on any atom is -0.508 e. The van der Waals surface area contributed by atoms with Gasteiger partial charge in [-0.3, -0.25) is 4.79 Å². The molecule has 0 spiro atoms. The summed E-state index contributed by atoms with van der Waals surface area (Å²) in [5.41, 5.74) is 4.78. The summed E-state index contributed by atoms with van der Waals surface area (Å²) in [5.74, 6) is -0.103. The number of nitriles is 1. The van der Waals surface area contributed by atoms with Gasteiger partial charge in [0.2, 0.25) is 0 Å². The first-order valence-electron chi connectivity index (χ1n) is 9.06. The summed E-state index contributed by atoms with van der Waals surface area (Å²) < 4.78 is 0. The molecule has 0 unspecified atom stereocenters. The van der Waals surface area contributed by atoms with Crippen LogP contribution in [0.4, 0.5) is 0 Å². The Kier molecular flexibility index (Phi) is 4.29. The van der Waals surface area contributed by atoms with Crippen LogP contribution in [0.5, 0.6) is 5.75 Å². The molecule has 2 N–H and O–H groups in total. The molecule has 0 amide bonds. The molecule has 1 heterocycles. The zero-order chi connectivity index (χ0) is 19.0. The number of nitrogens with zero attached hydrogens (tertiary/aromatic N) is 1. The summed E-state index contributed by atoms with van der Waals surface area (Å²) in [6.45, 7) is 1.87. The predicted octanol–water partition coefficient (Wildman–Crippen LogP) is 4.28. The number of dihydropyridines is 1. The quantitative estimate of drug-likeness (QED) is 0.842. The smallest absolute Gasteiger partial charge is 0.162 e. The molecule has 1 aliphatic carbocycles. The Labute approximate surface area is 158 Å². The van der Waals surface area contributed by atoms with Crippen molar-refractivity contribution in [3.05, 3.63) is 88.3 Å². The standard InChI is InChI=1S/C23H20N2O2/c1-14-19(13-24)22(16-8-5-9-18(26)10-16)23-20(25-14)11-17(12-21(23)27)15-6-3-2-4-7-15/h2-10,17,22,25-26H,11-12H2,1H3/t17-,22-/m0/s1. The van der Waals surface area contributed by atoms with Crippen LogP contribution in [0.15, 0.2) is 77.1 Å². The summed E-state index contributed by atoms with van der Waals surface area (Å²) in [7, 11) is 0. The number of phenols is 1. The molecule has 2 aromatic carbocycles. The monoisotopic (exact) mass is 356 g/mol. The molecule has 2 aromatic rings. The van der Waals surface area contributed by atoms with Crippen molar-refractivity contribution in [1.82, 2.24) is 5.32 Å². The van der Waals surface area contributed by atoms with E-state index in [1.54, 1.807) is 18.2 Å². The number of hydrogen-bond donors (Lipinski definition) is 2. The highest BCUT2D eigenvalue weighted by Gasteiger charge is 2.38. The molecule has 1 aliphatic heterocycles. The maximum absolute atomic E-state index is 13.2. The molecule has 4 nitrogen and oxygen atoms in total. The lowest BCUT2D eigenvalue weighted by Crippen LogP contribution is -2.33. The molecule has 0 fully saturated rings. The number of phenolic OH excluding ortho intramolecular Hbond substituents is 1. The second-order valence-electron chi connectivity index (χ2n) is 7.13. The van der Waals surface area contributed by atoms with Crippen molar-refractivity contribution in [2.24, 2.45) is 0 Å². The van der Waals surface area contributed by atoms with E-state index < -0.39 is 5.92 Å². The van der Waals surface area contributed by atoms with Gasteiger partial charge in [0.25, 0.3) is 0 Å². The molecule has 134 valence electrons. The van der Waals surface area contributed by atoms with Gasteiger partial charge >= 0.3 is 0 Å². The van der Waals surface area contributed by atoms with E-state index >= 15 is 0 Å². The van der Waals surface area contributed by atoms with E-state index in [1.165, 1.54) is 0 Å². The van der Waals surface area contributed by atoms with Gasteiger partial charge in [0, 0.05) is 23.4 Å². The van der Waals surface area contributed by atoms with E-state index in [2.05, 4.69) is 23.5 Å². The van der Waals surface area contributed by atoms with Gasteiger partial charge in [-0.1, -0.05) is 42.5 Å². The molecule has 2 atom stereocenters. The van der Waals surface area contributed by atoms with Gasteiger partial charge < -0.3 is 10.4 Å². The van der Waals surface area contributed by atoms with Gasteiger partial charge in [-0.2, -0.15) is 5.26 Å². The van der Waals surface area contributed by atoms with E-state index in [-0.39, 0.29) is 17.5 Å². The van der Waals surface area contributed by atoms with Crippen LogP contribution in [-0.2, 0) is 4.79 Å². The molecular formula is C23H20N2O2. The minimum atomic E-state index is -0.428. The SMILES string of the molecule is CC1=C(C#N)[C@H](c2cccc(O)c2)C2=C(C[C@H](c3ccccc3)CC2=O)N1. The van der Waals surface area contributed by atoms with Gasteiger partial charge in [0.15, 0.2) is 5.78 Å². The number of aromatic hydroxyl groups is 1. The van der Waals surface area contributed by atoms with Gasteiger partial charge in [0.1, 0.15) is 5.75 Å². The third-order valence-corrected chi connectivity index (χ3v) is 5.42. The Balaban J connectivity index is 1.80. The summed E-state index contributed by atoms with van der Waals surface area (Å²) in [4.78, 5) is 13.2. The third kappa shape index (κ3) is 3.02. The average Bonchev–Trinajstić information content (AvgIpc) is 2.67. The van der Waals surface area contributed by atoms with Crippen molar-refractivity contribution in [3.63, 3.8) is 0 Å². The molecule has 2 aliphatic rings. The highest BCUT2D eigenvalue weighted by Crippen LogP contribution is 2.45. The van der Waals surface area contributed by atoms with Crippen LogP contribution >= 0.6 is 0 Å². The lowest BCUT2D eigenvalue weighted by atomic mass is 9.72. The highest BCUT2D eigenvalue weighted by atomic mass is 16.3. The van der Waals surface area contributed by atoms with E-state index in [4.69, 9.17) is 0 Å². The Morgan fingerprint density at radius 2 is 1.81 bits per heavy atom. The van der Waals surface area contributed by atoms with Crippen LogP contribution in [0, 0.1) is 11.3 Å². The van der Waals surface area contributed by atoms with E-state index in [0.717, 1.165) is 28.9 Å². The molecule has 0 saturated carbocycles. The zero-order valence-electron chi connectivity index (χ0n) is 15.1. The van der Waals surface area contributed by atoms with Crippen LogP contribution in [0.25, 0.3) is 0 Å². The van der Waals surface area contributed by atoms with Crippen molar-refractivity contribution in [2.75, 3.05) is 0 Å². The lowest BCUT2D eigenvalue weighted by Gasteiger charge is -2.35.